The first-order valence-corrected chi connectivity index (χ1v) is 9.41. The Balaban J connectivity index is 1.29. The average molecular weight is 396 g/mol. The van der Waals surface area contributed by atoms with Crippen molar-refractivity contribution in [3.05, 3.63) is 52.9 Å². The lowest BCUT2D eigenvalue weighted by Crippen LogP contribution is -2.51. The summed E-state index contributed by atoms with van der Waals surface area (Å²) in [5, 5.41) is 3.73. The van der Waals surface area contributed by atoms with Crippen LogP contribution in [0.3, 0.4) is 0 Å². The molecule has 0 radical (unpaired) electrons. The molecule has 4 rings (SSSR count). The molecule has 3 heterocycles. The zero-order valence-corrected chi connectivity index (χ0v) is 16.0. The molecule has 0 bridgehead atoms. The van der Waals surface area contributed by atoms with E-state index in [9.17, 15) is 19.2 Å². The molecule has 0 aliphatic carbocycles. The van der Waals surface area contributed by atoms with E-state index in [1.165, 1.54) is 0 Å². The van der Waals surface area contributed by atoms with Crippen LogP contribution in [-0.4, -0.2) is 76.2 Å². The second-order valence-electron chi connectivity index (χ2n) is 7.05. The number of fused-ring (bicyclic) bond motifs is 1. The van der Waals surface area contributed by atoms with Gasteiger partial charge in [-0.25, -0.2) is 0 Å². The van der Waals surface area contributed by atoms with E-state index in [-0.39, 0.29) is 42.3 Å². The number of nitrogens with zero attached hydrogens (tertiary/aromatic N) is 4. The molecule has 150 valence electrons. The van der Waals surface area contributed by atoms with Crippen molar-refractivity contribution >= 4 is 23.6 Å². The third-order valence-electron chi connectivity index (χ3n) is 5.19. The fraction of sp³-hybridized carbons (Fsp3) is 0.350. The Morgan fingerprint density at radius 3 is 2.14 bits per heavy atom. The Bertz CT molecular complexity index is 955. The number of carbonyl (C=O) groups excluding carboxylic acids is 4. The van der Waals surface area contributed by atoms with Crippen LogP contribution in [0.25, 0.3) is 0 Å². The summed E-state index contributed by atoms with van der Waals surface area (Å²) in [5.74, 6) is -0.533. The third-order valence-corrected chi connectivity index (χ3v) is 5.19. The van der Waals surface area contributed by atoms with Gasteiger partial charge < -0.3 is 14.3 Å². The van der Waals surface area contributed by atoms with E-state index < -0.39 is 0 Å². The Kier molecular flexibility index (Phi) is 4.87. The predicted octanol–water partition coefficient (Wildman–Crippen LogP) is 0.954. The number of aromatic nitrogens is 1. The highest BCUT2D eigenvalue weighted by Crippen LogP contribution is 2.22. The standard InChI is InChI=1S/C20H20N4O5/c1-13-12-16(21-29-13)20(28)23-10-8-22(9-11-23)17(25)6-7-24-18(26)14-4-2-3-5-15(14)19(24)27/h2-5,12H,6-11H2,1H3. The molecule has 0 spiro atoms. The topological polar surface area (TPSA) is 104 Å². The van der Waals surface area contributed by atoms with Gasteiger partial charge >= 0.3 is 0 Å². The molecule has 0 N–H and O–H groups in total. The summed E-state index contributed by atoms with van der Waals surface area (Å²) in [7, 11) is 0. The van der Waals surface area contributed by atoms with Crippen LogP contribution >= 0.6 is 0 Å². The number of piperazine rings is 1. The monoisotopic (exact) mass is 396 g/mol. The summed E-state index contributed by atoms with van der Waals surface area (Å²) in [4.78, 5) is 54.1. The van der Waals surface area contributed by atoms with Gasteiger partial charge in [0.1, 0.15) is 5.76 Å². The number of benzene rings is 1. The van der Waals surface area contributed by atoms with Gasteiger partial charge in [0.05, 0.1) is 11.1 Å². The van der Waals surface area contributed by atoms with E-state index in [4.69, 9.17) is 4.52 Å². The van der Waals surface area contributed by atoms with E-state index in [1.807, 2.05) is 0 Å². The second-order valence-corrected chi connectivity index (χ2v) is 7.05. The molecular formula is C20H20N4O5. The van der Waals surface area contributed by atoms with Crippen LogP contribution in [0, 0.1) is 6.92 Å². The number of amides is 4. The molecule has 4 amide bonds. The first-order valence-electron chi connectivity index (χ1n) is 9.41. The van der Waals surface area contributed by atoms with Gasteiger partial charge in [-0.3, -0.25) is 24.1 Å². The molecule has 0 saturated carbocycles. The van der Waals surface area contributed by atoms with Crippen molar-refractivity contribution in [3.63, 3.8) is 0 Å². The molecular weight excluding hydrogens is 376 g/mol. The summed E-state index contributed by atoms with van der Waals surface area (Å²) >= 11 is 0. The van der Waals surface area contributed by atoms with E-state index in [2.05, 4.69) is 5.16 Å². The summed E-state index contributed by atoms with van der Waals surface area (Å²) in [6.07, 6.45) is 0.0574. The molecule has 1 aromatic heterocycles. The molecule has 1 aromatic carbocycles. The van der Waals surface area contributed by atoms with Crippen LogP contribution in [0.4, 0.5) is 0 Å². The van der Waals surface area contributed by atoms with E-state index in [0.29, 0.717) is 43.1 Å². The Morgan fingerprint density at radius 2 is 1.59 bits per heavy atom. The van der Waals surface area contributed by atoms with Crippen molar-refractivity contribution in [1.82, 2.24) is 19.9 Å². The van der Waals surface area contributed by atoms with Crippen LogP contribution < -0.4 is 0 Å². The third kappa shape index (κ3) is 3.51. The average Bonchev–Trinajstić information content (AvgIpc) is 3.28. The maximum atomic E-state index is 12.5. The van der Waals surface area contributed by atoms with Gasteiger partial charge in [-0.05, 0) is 19.1 Å². The fourth-order valence-electron chi connectivity index (χ4n) is 3.60. The number of imide groups is 1. The van der Waals surface area contributed by atoms with Crippen molar-refractivity contribution in [3.8, 4) is 0 Å². The normalized spacial score (nSPS) is 16.4. The maximum Gasteiger partial charge on any atom is 0.276 e. The van der Waals surface area contributed by atoms with E-state index in [0.717, 1.165) is 4.90 Å². The van der Waals surface area contributed by atoms with Crippen molar-refractivity contribution in [2.75, 3.05) is 32.7 Å². The number of rotatable bonds is 4. The molecule has 9 nitrogen and oxygen atoms in total. The Labute approximate surface area is 166 Å². The maximum absolute atomic E-state index is 12.5. The molecule has 1 fully saturated rings. The summed E-state index contributed by atoms with van der Waals surface area (Å²) < 4.78 is 4.94. The number of hydrogen-bond donors (Lipinski definition) is 0. The van der Waals surface area contributed by atoms with Gasteiger partial charge in [-0.2, -0.15) is 0 Å². The minimum atomic E-state index is -0.364. The summed E-state index contributed by atoms with van der Waals surface area (Å²) in [5.41, 5.74) is 1.01. The van der Waals surface area contributed by atoms with E-state index >= 15 is 0 Å². The molecule has 0 unspecified atom stereocenters. The molecule has 2 aromatic rings. The minimum Gasteiger partial charge on any atom is -0.361 e. The molecule has 9 heteroatoms. The lowest BCUT2D eigenvalue weighted by molar-refractivity contribution is -0.132. The highest BCUT2D eigenvalue weighted by molar-refractivity contribution is 6.21. The van der Waals surface area contributed by atoms with Crippen LogP contribution in [0.5, 0.6) is 0 Å². The fourth-order valence-corrected chi connectivity index (χ4v) is 3.60. The van der Waals surface area contributed by atoms with E-state index in [1.54, 1.807) is 47.1 Å². The molecule has 2 aliphatic rings. The van der Waals surface area contributed by atoms with Gasteiger partial charge in [-0.15, -0.1) is 0 Å². The lowest BCUT2D eigenvalue weighted by Gasteiger charge is -2.34. The highest BCUT2D eigenvalue weighted by atomic mass is 16.5. The minimum absolute atomic E-state index is 0.0442. The van der Waals surface area contributed by atoms with Crippen molar-refractivity contribution in [1.29, 1.82) is 0 Å². The zero-order chi connectivity index (χ0) is 20.5. The number of aryl methyl sites for hydroxylation is 1. The quantitative estimate of drug-likeness (QED) is 0.713. The molecule has 29 heavy (non-hydrogen) atoms. The van der Waals surface area contributed by atoms with Crippen LogP contribution in [-0.2, 0) is 4.79 Å². The van der Waals surface area contributed by atoms with Gasteiger partial charge in [0, 0.05) is 45.2 Å². The molecule has 0 atom stereocenters. The van der Waals surface area contributed by atoms with Crippen molar-refractivity contribution in [2.45, 2.75) is 13.3 Å². The van der Waals surface area contributed by atoms with Crippen LogP contribution in [0.15, 0.2) is 34.9 Å². The van der Waals surface area contributed by atoms with Gasteiger partial charge in [0.2, 0.25) is 5.91 Å². The van der Waals surface area contributed by atoms with Crippen molar-refractivity contribution < 1.29 is 23.7 Å². The highest BCUT2D eigenvalue weighted by Gasteiger charge is 2.35. The SMILES string of the molecule is Cc1cc(C(=O)N2CCN(C(=O)CCN3C(=O)c4ccccc4C3=O)CC2)no1. The number of hydrogen-bond acceptors (Lipinski definition) is 6. The van der Waals surface area contributed by atoms with Crippen LogP contribution in [0.1, 0.15) is 43.4 Å². The second kappa shape index (κ2) is 7.50. The first-order chi connectivity index (χ1) is 14.0. The van der Waals surface area contributed by atoms with Gasteiger partial charge in [0.25, 0.3) is 17.7 Å². The molecule has 2 aliphatic heterocycles. The Morgan fingerprint density at radius 1 is 1.00 bits per heavy atom. The van der Waals surface area contributed by atoms with Crippen LogP contribution in [0.2, 0.25) is 0 Å². The zero-order valence-electron chi connectivity index (χ0n) is 16.0. The smallest absolute Gasteiger partial charge is 0.276 e. The number of carbonyl (C=O) groups is 4. The first kappa shape index (κ1) is 18.9. The van der Waals surface area contributed by atoms with Gasteiger partial charge in [0.15, 0.2) is 5.69 Å². The lowest BCUT2D eigenvalue weighted by atomic mass is 10.1. The Hall–Kier alpha value is -3.49. The predicted molar refractivity (Wildman–Crippen MR) is 100 cm³/mol. The van der Waals surface area contributed by atoms with Gasteiger partial charge in [-0.1, -0.05) is 17.3 Å². The summed E-state index contributed by atoms with van der Waals surface area (Å²) in [6.45, 7) is 3.33. The summed E-state index contributed by atoms with van der Waals surface area (Å²) in [6, 6.07) is 8.23. The largest absolute Gasteiger partial charge is 0.361 e. The molecule has 1 saturated heterocycles. The van der Waals surface area contributed by atoms with Crippen molar-refractivity contribution in [2.24, 2.45) is 0 Å².